The van der Waals surface area contributed by atoms with E-state index in [-0.39, 0.29) is 10.9 Å². The number of hydrogen-bond acceptors (Lipinski definition) is 6. The Balaban J connectivity index is 1.92. The third-order valence-corrected chi connectivity index (χ3v) is 5.43. The van der Waals surface area contributed by atoms with Gasteiger partial charge in [-0.15, -0.1) is 0 Å². The summed E-state index contributed by atoms with van der Waals surface area (Å²) in [5.74, 6) is -3.13. The molecule has 9 nitrogen and oxygen atoms in total. The summed E-state index contributed by atoms with van der Waals surface area (Å²) in [6, 6.07) is 1.89. The lowest BCUT2D eigenvalue weighted by molar-refractivity contribution is -0.123. The first-order chi connectivity index (χ1) is 12.7. The molecule has 11 heteroatoms. The smallest absolute Gasteiger partial charge is 0.341 e. The molecule has 1 aliphatic carbocycles. The van der Waals surface area contributed by atoms with Gasteiger partial charge in [-0.1, -0.05) is 12.8 Å². The number of carbonyl (C=O) groups excluding carboxylic acids is 3. The van der Waals surface area contributed by atoms with Gasteiger partial charge in [-0.05, 0) is 38.1 Å². The molecule has 0 radical (unpaired) electrons. The summed E-state index contributed by atoms with van der Waals surface area (Å²) >= 11 is 0. The summed E-state index contributed by atoms with van der Waals surface area (Å²) in [5.41, 5.74) is -0.644. The fourth-order valence-electron chi connectivity index (χ4n) is 2.61. The molecule has 1 aromatic carbocycles. The van der Waals surface area contributed by atoms with Crippen molar-refractivity contribution in [2.45, 2.75) is 36.6 Å². The highest BCUT2D eigenvalue weighted by atomic mass is 32.2. The number of hydrogen-bond donors (Lipinski definition) is 3. The van der Waals surface area contributed by atoms with Crippen LogP contribution < -0.4 is 15.4 Å². The van der Waals surface area contributed by atoms with E-state index in [9.17, 15) is 27.2 Å². The van der Waals surface area contributed by atoms with Crippen LogP contribution in [-0.2, 0) is 19.6 Å². The second-order valence-corrected chi connectivity index (χ2v) is 7.81. The standard InChI is InChI=1S/C16H20FN3O6S/c1-18-27(24,25)11-6-7-13(17)12(8-11)15(22)26-9-14(21)20-16(23)19-10-4-2-3-5-10/h6-8,10,18H,2-5,9H2,1H3,(H2,19,20,21,23). The third kappa shape index (κ3) is 5.73. The summed E-state index contributed by atoms with van der Waals surface area (Å²) in [7, 11) is -2.72. The van der Waals surface area contributed by atoms with Gasteiger partial charge in [0.1, 0.15) is 5.82 Å². The van der Waals surface area contributed by atoms with Crippen molar-refractivity contribution in [2.75, 3.05) is 13.7 Å². The molecular weight excluding hydrogens is 381 g/mol. The molecule has 1 aliphatic rings. The molecule has 0 spiro atoms. The Labute approximate surface area is 155 Å². The van der Waals surface area contributed by atoms with Gasteiger partial charge in [0.2, 0.25) is 10.0 Å². The van der Waals surface area contributed by atoms with Crippen LogP contribution >= 0.6 is 0 Å². The van der Waals surface area contributed by atoms with Gasteiger partial charge in [-0.25, -0.2) is 27.1 Å². The zero-order chi connectivity index (χ0) is 20.0. The Morgan fingerprint density at radius 1 is 1.22 bits per heavy atom. The second kappa shape index (κ2) is 8.91. The van der Waals surface area contributed by atoms with Crippen molar-refractivity contribution in [3.8, 4) is 0 Å². The summed E-state index contributed by atoms with van der Waals surface area (Å²) in [4.78, 5) is 34.9. The normalized spacial score (nSPS) is 14.6. The molecule has 1 aromatic rings. The number of amides is 3. The van der Waals surface area contributed by atoms with Crippen LogP contribution in [0.3, 0.4) is 0 Å². The minimum Gasteiger partial charge on any atom is -0.452 e. The maximum Gasteiger partial charge on any atom is 0.341 e. The van der Waals surface area contributed by atoms with Crippen LogP contribution in [0.1, 0.15) is 36.0 Å². The van der Waals surface area contributed by atoms with Crippen LogP contribution in [0.2, 0.25) is 0 Å². The highest BCUT2D eigenvalue weighted by Crippen LogP contribution is 2.17. The van der Waals surface area contributed by atoms with Crippen molar-refractivity contribution in [3.63, 3.8) is 0 Å². The number of benzene rings is 1. The number of sulfonamides is 1. The van der Waals surface area contributed by atoms with E-state index in [0.717, 1.165) is 50.9 Å². The Morgan fingerprint density at radius 3 is 2.52 bits per heavy atom. The number of esters is 1. The molecule has 0 atom stereocenters. The SMILES string of the molecule is CNS(=O)(=O)c1ccc(F)c(C(=O)OCC(=O)NC(=O)NC2CCCC2)c1. The monoisotopic (exact) mass is 401 g/mol. The molecule has 0 unspecified atom stereocenters. The second-order valence-electron chi connectivity index (χ2n) is 5.93. The van der Waals surface area contributed by atoms with E-state index in [2.05, 4.69) is 10.1 Å². The predicted octanol–water partition coefficient (Wildman–Crippen LogP) is 0.659. The van der Waals surface area contributed by atoms with E-state index in [1.54, 1.807) is 0 Å². The Bertz CT molecular complexity index is 837. The molecule has 0 aliphatic heterocycles. The number of rotatable bonds is 6. The van der Waals surface area contributed by atoms with Gasteiger partial charge in [0.15, 0.2) is 6.61 Å². The molecule has 3 N–H and O–H groups in total. The predicted molar refractivity (Wildman–Crippen MR) is 91.9 cm³/mol. The van der Waals surface area contributed by atoms with Crippen molar-refractivity contribution < 1.29 is 31.9 Å². The van der Waals surface area contributed by atoms with E-state index >= 15 is 0 Å². The molecule has 27 heavy (non-hydrogen) atoms. The Kier molecular flexibility index (Phi) is 6.86. The van der Waals surface area contributed by atoms with Gasteiger partial charge in [0.25, 0.3) is 5.91 Å². The first kappa shape index (κ1) is 20.8. The Hall–Kier alpha value is -2.53. The van der Waals surface area contributed by atoms with Gasteiger partial charge < -0.3 is 10.1 Å². The van der Waals surface area contributed by atoms with Crippen LogP contribution in [0, 0.1) is 5.82 Å². The summed E-state index contributed by atoms with van der Waals surface area (Å²) in [6.45, 7) is -0.820. The summed E-state index contributed by atoms with van der Waals surface area (Å²) < 4.78 is 43.9. The molecule has 2 rings (SSSR count). The number of nitrogens with one attached hydrogen (secondary N) is 3. The highest BCUT2D eigenvalue weighted by Gasteiger charge is 2.21. The first-order valence-corrected chi connectivity index (χ1v) is 9.72. The fraction of sp³-hybridized carbons (Fsp3) is 0.438. The third-order valence-electron chi connectivity index (χ3n) is 4.01. The van der Waals surface area contributed by atoms with E-state index in [1.165, 1.54) is 0 Å². The lowest BCUT2D eigenvalue weighted by Crippen LogP contribution is -2.45. The molecular formula is C16H20FN3O6S. The summed E-state index contributed by atoms with van der Waals surface area (Å²) in [5, 5.41) is 4.63. The molecule has 1 saturated carbocycles. The lowest BCUT2D eigenvalue weighted by Gasteiger charge is -2.12. The van der Waals surface area contributed by atoms with Crippen molar-refractivity contribution in [1.82, 2.24) is 15.4 Å². The first-order valence-electron chi connectivity index (χ1n) is 8.23. The van der Waals surface area contributed by atoms with Gasteiger partial charge >= 0.3 is 12.0 Å². The lowest BCUT2D eigenvalue weighted by atomic mass is 10.2. The number of carbonyl (C=O) groups is 3. The topological polar surface area (TPSA) is 131 Å². The van der Waals surface area contributed by atoms with Gasteiger partial charge in [-0.3, -0.25) is 10.1 Å². The molecule has 0 saturated heterocycles. The van der Waals surface area contributed by atoms with Crippen molar-refractivity contribution in [1.29, 1.82) is 0 Å². The van der Waals surface area contributed by atoms with E-state index in [1.807, 2.05) is 10.0 Å². The van der Waals surface area contributed by atoms with E-state index < -0.39 is 45.9 Å². The quantitative estimate of drug-likeness (QED) is 0.600. The minimum atomic E-state index is -3.89. The van der Waals surface area contributed by atoms with Crippen LogP contribution in [0.15, 0.2) is 23.1 Å². The van der Waals surface area contributed by atoms with Crippen LogP contribution in [0.5, 0.6) is 0 Å². The number of ether oxygens (including phenoxy) is 1. The van der Waals surface area contributed by atoms with Crippen molar-refractivity contribution in [2.24, 2.45) is 0 Å². The molecule has 0 heterocycles. The highest BCUT2D eigenvalue weighted by molar-refractivity contribution is 7.89. The average Bonchev–Trinajstić information content (AvgIpc) is 3.12. The van der Waals surface area contributed by atoms with Crippen molar-refractivity contribution in [3.05, 3.63) is 29.6 Å². The maximum absolute atomic E-state index is 13.8. The number of imide groups is 1. The van der Waals surface area contributed by atoms with Gasteiger partial charge in [-0.2, -0.15) is 0 Å². The summed E-state index contributed by atoms with van der Waals surface area (Å²) in [6.07, 6.45) is 3.68. The van der Waals surface area contributed by atoms with Crippen LogP contribution in [-0.4, -0.2) is 46.0 Å². The largest absolute Gasteiger partial charge is 0.452 e. The zero-order valence-electron chi connectivity index (χ0n) is 14.6. The van der Waals surface area contributed by atoms with E-state index in [4.69, 9.17) is 0 Å². The molecule has 3 amide bonds. The van der Waals surface area contributed by atoms with Crippen molar-refractivity contribution >= 4 is 27.9 Å². The Morgan fingerprint density at radius 2 is 1.89 bits per heavy atom. The van der Waals surface area contributed by atoms with E-state index in [0.29, 0.717) is 0 Å². The van der Waals surface area contributed by atoms with Gasteiger partial charge in [0, 0.05) is 6.04 Å². The number of halogens is 1. The maximum atomic E-state index is 13.8. The average molecular weight is 401 g/mol. The zero-order valence-corrected chi connectivity index (χ0v) is 15.4. The van der Waals surface area contributed by atoms with Gasteiger partial charge in [0.05, 0.1) is 10.5 Å². The van der Waals surface area contributed by atoms with Crippen LogP contribution in [0.25, 0.3) is 0 Å². The van der Waals surface area contributed by atoms with Crippen LogP contribution in [0.4, 0.5) is 9.18 Å². The molecule has 1 fully saturated rings. The number of urea groups is 1. The fourth-order valence-corrected chi connectivity index (χ4v) is 3.36. The molecule has 0 aromatic heterocycles. The molecule has 148 valence electrons. The molecule has 0 bridgehead atoms. The minimum absolute atomic E-state index is 0.00584.